The fraction of sp³-hybridized carbons (Fsp3) is 0.345. The van der Waals surface area contributed by atoms with E-state index in [0.29, 0.717) is 25.2 Å². The number of methoxy groups -OCH3 is 1. The van der Waals surface area contributed by atoms with Gasteiger partial charge in [0, 0.05) is 38.4 Å². The average molecular weight is 576 g/mol. The minimum absolute atomic E-state index is 0.00905. The number of rotatable bonds is 9. The third-order valence-corrected chi connectivity index (χ3v) is 8.78. The Hall–Kier alpha value is -3.57. The average Bonchev–Trinajstić information content (AvgIpc) is 2.95. The van der Waals surface area contributed by atoms with E-state index in [0.717, 1.165) is 23.3 Å². The number of piperazine rings is 1. The molecule has 0 aliphatic carbocycles. The molecule has 1 fully saturated rings. The maximum absolute atomic E-state index is 13.8. The molecule has 0 saturated carbocycles. The highest BCUT2D eigenvalue weighted by atomic mass is 32.2. The minimum atomic E-state index is -4.44. The number of benzene rings is 3. The summed E-state index contributed by atoms with van der Waals surface area (Å²) < 4.78 is 73.6. The lowest BCUT2D eigenvalue weighted by molar-refractivity contribution is -0.137. The van der Waals surface area contributed by atoms with Crippen molar-refractivity contribution < 1.29 is 31.1 Å². The summed E-state index contributed by atoms with van der Waals surface area (Å²) in [6.45, 7) is 2.67. The molecule has 0 radical (unpaired) electrons. The first-order chi connectivity index (χ1) is 19.0. The van der Waals surface area contributed by atoms with Crippen LogP contribution in [0.25, 0.3) is 0 Å². The van der Waals surface area contributed by atoms with Gasteiger partial charge in [-0.25, -0.2) is 8.42 Å². The Labute approximate surface area is 232 Å². The van der Waals surface area contributed by atoms with Crippen LogP contribution in [-0.2, 0) is 27.4 Å². The van der Waals surface area contributed by atoms with Crippen molar-refractivity contribution in [2.45, 2.75) is 24.4 Å². The molecule has 0 N–H and O–H groups in total. The van der Waals surface area contributed by atoms with Gasteiger partial charge in [0.15, 0.2) is 0 Å². The summed E-state index contributed by atoms with van der Waals surface area (Å²) in [6, 6.07) is 19.4. The molecule has 1 amide bonds. The lowest BCUT2D eigenvalue weighted by Gasteiger charge is -2.37. The van der Waals surface area contributed by atoms with Crippen LogP contribution in [0.1, 0.15) is 16.7 Å². The molecule has 3 aromatic carbocycles. The number of carbonyl (C=O) groups excluding carboxylic acids is 1. The number of anilines is 1. The molecule has 1 aliphatic heterocycles. The van der Waals surface area contributed by atoms with Gasteiger partial charge in [-0.3, -0.25) is 4.79 Å². The molecule has 7 nitrogen and oxygen atoms in total. The van der Waals surface area contributed by atoms with E-state index < -0.39 is 21.8 Å². The number of ether oxygens (including phenoxy) is 1. The minimum Gasteiger partial charge on any atom is -0.495 e. The molecule has 214 valence electrons. The number of sulfonamides is 1. The number of hydrogen-bond donors (Lipinski definition) is 0. The molecule has 1 heterocycles. The predicted octanol–water partition coefficient (Wildman–Crippen LogP) is 4.60. The lowest BCUT2D eigenvalue weighted by Crippen LogP contribution is -2.52. The van der Waals surface area contributed by atoms with Gasteiger partial charge in [0.2, 0.25) is 15.9 Å². The van der Waals surface area contributed by atoms with Crippen LogP contribution in [0.3, 0.4) is 0 Å². The Morgan fingerprint density at radius 2 is 1.65 bits per heavy atom. The summed E-state index contributed by atoms with van der Waals surface area (Å²) in [5, 5.41) is 0. The Balaban J connectivity index is 1.50. The van der Waals surface area contributed by atoms with E-state index >= 15 is 0 Å². The summed E-state index contributed by atoms with van der Waals surface area (Å²) in [4.78, 5) is 16.7. The normalized spacial score (nSPS) is 14.4. The molecule has 0 bridgehead atoms. The van der Waals surface area contributed by atoms with E-state index in [1.807, 2.05) is 30.3 Å². The van der Waals surface area contributed by atoms with Crippen LogP contribution in [0.2, 0.25) is 0 Å². The van der Waals surface area contributed by atoms with Crippen molar-refractivity contribution in [2.75, 3.05) is 51.3 Å². The molecule has 4 rings (SSSR count). The van der Waals surface area contributed by atoms with Gasteiger partial charge in [-0.15, -0.1) is 0 Å². The predicted molar refractivity (Wildman–Crippen MR) is 147 cm³/mol. The summed E-state index contributed by atoms with van der Waals surface area (Å²) in [7, 11) is -2.70. The van der Waals surface area contributed by atoms with E-state index in [1.165, 1.54) is 23.5 Å². The highest BCUT2D eigenvalue weighted by molar-refractivity contribution is 7.89. The molecule has 0 spiro atoms. The Bertz CT molecular complexity index is 1420. The fourth-order valence-electron chi connectivity index (χ4n) is 4.65. The van der Waals surface area contributed by atoms with Crippen molar-refractivity contribution in [3.8, 4) is 5.75 Å². The number of nitrogens with zero attached hydrogens (tertiary/aromatic N) is 3. The Morgan fingerprint density at radius 3 is 2.30 bits per heavy atom. The van der Waals surface area contributed by atoms with Crippen LogP contribution in [0.15, 0.2) is 77.7 Å². The topological polar surface area (TPSA) is 70.2 Å². The molecular formula is C29H32F3N3O4S. The molecule has 40 heavy (non-hydrogen) atoms. The van der Waals surface area contributed by atoms with Crippen molar-refractivity contribution in [3.63, 3.8) is 0 Å². The third-order valence-electron chi connectivity index (χ3n) is 6.91. The van der Waals surface area contributed by atoms with Gasteiger partial charge in [0.05, 0.1) is 19.2 Å². The molecular weight excluding hydrogens is 543 g/mol. The number of hydrogen-bond acceptors (Lipinski definition) is 5. The quantitative estimate of drug-likeness (QED) is 0.373. The van der Waals surface area contributed by atoms with Crippen molar-refractivity contribution >= 4 is 21.6 Å². The van der Waals surface area contributed by atoms with Crippen LogP contribution in [0.5, 0.6) is 5.75 Å². The SMILES string of the molecule is COc1ccc(C)cc1S(=O)(=O)N(CCc1ccccc1)CC(=O)N1CCN(c2cccc(C(F)(F)F)c2)CC1. The van der Waals surface area contributed by atoms with Crippen molar-refractivity contribution in [1.82, 2.24) is 9.21 Å². The summed E-state index contributed by atoms with van der Waals surface area (Å²) in [5.41, 5.74) is 1.37. The summed E-state index contributed by atoms with van der Waals surface area (Å²) in [5.74, 6) is -0.176. The van der Waals surface area contributed by atoms with E-state index in [4.69, 9.17) is 4.74 Å². The maximum Gasteiger partial charge on any atom is 0.416 e. The van der Waals surface area contributed by atoms with Gasteiger partial charge in [0.1, 0.15) is 10.6 Å². The smallest absolute Gasteiger partial charge is 0.416 e. The first-order valence-corrected chi connectivity index (χ1v) is 14.3. The third kappa shape index (κ3) is 6.95. The summed E-state index contributed by atoms with van der Waals surface area (Å²) >= 11 is 0. The zero-order valence-corrected chi connectivity index (χ0v) is 23.2. The number of alkyl halides is 3. The number of aryl methyl sites for hydroxylation is 1. The monoisotopic (exact) mass is 575 g/mol. The van der Waals surface area contributed by atoms with E-state index in [2.05, 4.69) is 0 Å². The van der Waals surface area contributed by atoms with Crippen LogP contribution < -0.4 is 9.64 Å². The first-order valence-electron chi connectivity index (χ1n) is 12.9. The van der Waals surface area contributed by atoms with E-state index in [1.54, 1.807) is 34.9 Å². The van der Waals surface area contributed by atoms with Gasteiger partial charge in [0.25, 0.3) is 0 Å². The van der Waals surface area contributed by atoms with Crippen LogP contribution in [-0.4, -0.2) is 69.9 Å². The Kier molecular flexibility index (Phi) is 9.05. The molecule has 0 aromatic heterocycles. The van der Waals surface area contributed by atoms with E-state index in [-0.39, 0.29) is 42.7 Å². The lowest BCUT2D eigenvalue weighted by atomic mass is 10.1. The first kappa shape index (κ1) is 29.4. The Morgan fingerprint density at radius 1 is 0.950 bits per heavy atom. The standard InChI is InChI=1S/C29H32F3N3O4S/c1-22-11-12-26(39-2)27(19-22)40(37,38)35(14-13-23-7-4-3-5-8-23)21-28(36)34-17-15-33(16-18-34)25-10-6-9-24(20-25)29(30,31)32/h3-12,19-20H,13-18,21H2,1-2H3. The fourth-order valence-corrected chi connectivity index (χ4v) is 6.28. The van der Waals surface area contributed by atoms with Crippen LogP contribution in [0, 0.1) is 6.92 Å². The van der Waals surface area contributed by atoms with Gasteiger partial charge in [-0.2, -0.15) is 17.5 Å². The van der Waals surface area contributed by atoms with Crippen molar-refractivity contribution in [1.29, 1.82) is 0 Å². The van der Waals surface area contributed by atoms with Gasteiger partial charge in [-0.1, -0.05) is 42.5 Å². The second-order valence-electron chi connectivity index (χ2n) is 9.64. The zero-order chi connectivity index (χ0) is 28.9. The summed E-state index contributed by atoms with van der Waals surface area (Å²) in [6.07, 6.45) is -4.03. The van der Waals surface area contributed by atoms with Crippen molar-refractivity contribution in [2.24, 2.45) is 0 Å². The number of amides is 1. The second kappa shape index (κ2) is 12.3. The molecule has 1 saturated heterocycles. The second-order valence-corrected chi connectivity index (χ2v) is 11.6. The van der Waals surface area contributed by atoms with E-state index in [9.17, 15) is 26.4 Å². The zero-order valence-electron chi connectivity index (χ0n) is 22.4. The molecule has 11 heteroatoms. The highest BCUT2D eigenvalue weighted by Gasteiger charge is 2.33. The van der Waals surface area contributed by atoms with Gasteiger partial charge >= 0.3 is 6.18 Å². The highest BCUT2D eigenvalue weighted by Crippen LogP contribution is 2.32. The largest absolute Gasteiger partial charge is 0.495 e. The number of halogens is 3. The molecule has 0 unspecified atom stereocenters. The van der Waals surface area contributed by atoms with Gasteiger partial charge in [-0.05, 0) is 54.8 Å². The van der Waals surface area contributed by atoms with Crippen LogP contribution in [0.4, 0.5) is 18.9 Å². The molecule has 1 aliphatic rings. The maximum atomic E-state index is 13.8. The molecule has 0 atom stereocenters. The van der Waals surface area contributed by atoms with Gasteiger partial charge < -0.3 is 14.5 Å². The number of carbonyl (C=O) groups is 1. The van der Waals surface area contributed by atoms with Crippen LogP contribution >= 0.6 is 0 Å². The van der Waals surface area contributed by atoms with Crippen molar-refractivity contribution in [3.05, 3.63) is 89.5 Å². The molecule has 3 aromatic rings.